The van der Waals surface area contributed by atoms with E-state index in [-0.39, 0.29) is 11.4 Å². The van der Waals surface area contributed by atoms with Gasteiger partial charge in [0, 0.05) is 12.7 Å². The van der Waals surface area contributed by atoms with Crippen molar-refractivity contribution in [1.82, 2.24) is 10.3 Å². The van der Waals surface area contributed by atoms with Gasteiger partial charge < -0.3 is 15.7 Å². The third kappa shape index (κ3) is 2.94. The van der Waals surface area contributed by atoms with E-state index in [0.29, 0.717) is 6.54 Å². The maximum Gasteiger partial charge on any atom is 0.356 e. The summed E-state index contributed by atoms with van der Waals surface area (Å²) in [5, 5.41) is 13.7. The highest BCUT2D eigenvalue weighted by Crippen LogP contribution is 2.11. The van der Waals surface area contributed by atoms with Crippen molar-refractivity contribution < 1.29 is 14.7 Å². The monoisotopic (exact) mass is 209 g/mol. The molecular weight excluding hydrogens is 198 g/mol. The van der Waals surface area contributed by atoms with Crippen LogP contribution in [0.3, 0.4) is 0 Å². The van der Waals surface area contributed by atoms with Crippen LogP contribution in [0.1, 0.15) is 17.4 Å². The number of carboxylic acids is 1. The van der Waals surface area contributed by atoms with Gasteiger partial charge in [-0.15, -0.1) is 0 Å². The van der Waals surface area contributed by atoms with Crippen molar-refractivity contribution in [2.45, 2.75) is 6.92 Å². The molecule has 80 valence electrons. The van der Waals surface area contributed by atoms with Gasteiger partial charge in [-0.05, 0) is 19.1 Å². The molecule has 15 heavy (non-hydrogen) atoms. The zero-order valence-electron chi connectivity index (χ0n) is 8.15. The fourth-order valence-electron chi connectivity index (χ4n) is 1.00. The lowest BCUT2D eigenvalue weighted by Gasteiger charge is -2.07. The molecule has 0 spiro atoms. The fourth-order valence-corrected chi connectivity index (χ4v) is 1.00. The predicted molar refractivity (Wildman–Crippen MR) is 53.9 cm³/mol. The smallest absolute Gasteiger partial charge is 0.356 e. The summed E-state index contributed by atoms with van der Waals surface area (Å²) in [5.41, 5.74) is -0.000275. The lowest BCUT2D eigenvalue weighted by molar-refractivity contribution is 0.0692. The summed E-state index contributed by atoms with van der Waals surface area (Å²) in [6, 6.07) is 2.58. The Morgan fingerprint density at radius 2 is 2.27 bits per heavy atom. The summed E-state index contributed by atoms with van der Waals surface area (Å²) in [5.74, 6) is -1.18. The van der Waals surface area contributed by atoms with Gasteiger partial charge >= 0.3 is 12.0 Å². The average molecular weight is 209 g/mol. The number of hydrogen-bond donors (Lipinski definition) is 3. The molecule has 0 saturated heterocycles. The largest absolute Gasteiger partial charge is 0.476 e. The lowest BCUT2D eigenvalue weighted by Crippen LogP contribution is -2.29. The molecule has 0 unspecified atom stereocenters. The number of hydrogen-bond acceptors (Lipinski definition) is 3. The van der Waals surface area contributed by atoms with Gasteiger partial charge in [0.25, 0.3) is 0 Å². The number of carbonyl (C=O) groups excluding carboxylic acids is 1. The van der Waals surface area contributed by atoms with Crippen LogP contribution in [0, 0.1) is 0 Å². The topological polar surface area (TPSA) is 91.3 Å². The number of nitrogens with zero attached hydrogens (tertiary/aromatic N) is 1. The van der Waals surface area contributed by atoms with Gasteiger partial charge in [0.15, 0.2) is 5.69 Å². The van der Waals surface area contributed by atoms with E-state index >= 15 is 0 Å². The number of nitrogens with one attached hydrogen (secondary N) is 2. The molecule has 0 aliphatic heterocycles. The molecule has 1 aromatic rings. The number of aromatic carboxylic acids is 1. The Kier molecular flexibility index (Phi) is 3.61. The van der Waals surface area contributed by atoms with Gasteiger partial charge in [-0.2, -0.15) is 0 Å². The van der Waals surface area contributed by atoms with Crippen molar-refractivity contribution in [2.24, 2.45) is 0 Å². The first-order valence-corrected chi connectivity index (χ1v) is 4.38. The number of urea groups is 1. The Hall–Kier alpha value is -2.11. The van der Waals surface area contributed by atoms with Crippen molar-refractivity contribution in [3.05, 3.63) is 24.0 Å². The number of carbonyl (C=O) groups is 2. The zero-order chi connectivity index (χ0) is 11.3. The van der Waals surface area contributed by atoms with E-state index in [1.807, 2.05) is 0 Å². The Balaban J connectivity index is 2.84. The first-order chi connectivity index (χ1) is 7.15. The normalized spacial score (nSPS) is 9.40. The number of carboxylic acid groups (broad SMARTS) is 1. The molecule has 6 heteroatoms. The van der Waals surface area contributed by atoms with Gasteiger partial charge in [0.05, 0.1) is 5.69 Å². The van der Waals surface area contributed by atoms with Crippen molar-refractivity contribution in [2.75, 3.05) is 11.9 Å². The second-order valence-electron chi connectivity index (χ2n) is 2.69. The van der Waals surface area contributed by atoms with Gasteiger partial charge in [-0.3, -0.25) is 0 Å². The van der Waals surface area contributed by atoms with Crippen molar-refractivity contribution >= 4 is 17.7 Å². The van der Waals surface area contributed by atoms with E-state index < -0.39 is 12.0 Å². The fraction of sp³-hybridized carbons (Fsp3) is 0.222. The minimum absolute atomic E-state index is 0.177. The second kappa shape index (κ2) is 4.94. The van der Waals surface area contributed by atoms with E-state index in [1.54, 1.807) is 13.0 Å². The van der Waals surface area contributed by atoms with Gasteiger partial charge in [0.1, 0.15) is 0 Å². The molecule has 0 fully saturated rings. The third-order valence-corrected chi connectivity index (χ3v) is 1.60. The molecule has 0 aliphatic carbocycles. The van der Waals surface area contributed by atoms with E-state index in [0.717, 1.165) is 0 Å². The predicted octanol–water partition coefficient (Wildman–Crippen LogP) is 0.921. The molecule has 0 aliphatic rings. The van der Waals surface area contributed by atoms with Crippen LogP contribution in [0.15, 0.2) is 18.3 Å². The van der Waals surface area contributed by atoms with E-state index in [9.17, 15) is 9.59 Å². The maximum absolute atomic E-state index is 11.1. The molecule has 2 amide bonds. The molecule has 3 N–H and O–H groups in total. The molecule has 0 radical (unpaired) electrons. The third-order valence-electron chi connectivity index (χ3n) is 1.60. The molecular formula is C9H11N3O3. The number of aromatic nitrogens is 1. The molecule has 0 bridgehead atoms. The number of rotatable bonds is 3. The van der Waals surface area contributed by atoms with E-state index in [4.69, 9.17) is 5.11 Å². The first-order valence-electron chi connectivity index (χ1n) is 4.38. The number of amides is 2. The molecule has 1 rings (SSSR count). The Morgan fingerprint density at radius 1 is 1.53 bits per heavy atom. The summed E-state index contributed by atoms with van der Waals surface area (Å²) >= 11 is 0. The van der Waals surface area contributed by atoms with Gasteiger partial charge in [-0.1, -0.05) is 0 Å². The number of pyridine rings is 1. The Morgan fingerprint density at radius 3 is 2.87 bits per heavy atom. The SMILES string of the molecule is CCNC(=O)Nc1cccnc1C(=O)O. The summed E-state index contributed by atoms with van der Waals surface area (Å²) in [4.78, 5) is 25.5. The highest BCUT2D eigenvalue weighted by molar-refractivity contribution is 5.98. The molecule has 1 heterocycles. The summed E-state index contributed by atoms with van der Waals surface area (Å²) in [7, 11) is 0. The van der Waals surface area contributed by atoms with Crippen LogP contribution < -0.4 is 10.6 Å². The quantitative estimate of drug-likeness (QED) is 0.690. The minimum Gasteiger partial charge on any atom is -0.476 e. The van der Waals surface area contributed by atoms with Gasteiger partial charge in [0.2, 0.25) is 0 Å². The minimum atomic E-state index is -1.18. The van der Waals surface area contributed by atoms with Crippen LogP contribution in [-0.4, -0.2) is 28.6 Å². The van der Waals surface area contributed by atoms with Crippen LogP contribution in [0.2, 0.25) is 0 Å². The molecule has 1 aromatic heterocycles. The van der Waals surface area contributed by atoms with Crippen LogP contribution in [0.25, 0.3) is 0 Å². The Labute approximate surface area is 86.3 Å². The molecule has 0 aromatic carbocycles. The van der Waals surface area contributed by atoms with E-state index in [2.05, 4.69) is 15.6 Å². The standard InChI is InChI=1S/C9H11N3O3/c1-2-10-9(15)12-6-4-3-5-11-7(6)8(13)14/h3-5H,2H2,1H3,(H,13,14)(H2,10,12,15). The lowest BCUT2D eigenvalue weighted by atomic mass is 10.3. The summed E-state index contributed by atoms with van der Waals surface area (Å²) < 4.78 is 0. The molecule has 0 saturated carbocycles. The Bertz CT molecular complexity index is 379. The van der Waals surface area contributed by atoms with Crippen molar-refractivity contribution in [3.63, 3.8) is 0 Å². The van der Waals surface area contributed by atoms with Crippen LogP contribution in [-0.2, 0) is 0 Å². The highest BCUT2D eigenvalue weighted by Gasteiger charge is 2.12. The summed E-state index contributed by atoms with van der Waals surface area (Å²) in [6.45, 7) is 2.23. The van der Waals surface area contributed by atoms with Crippen molar-refractivity contribution in [1.29, 1.82) is 0 Å². The van der Waals surface area contributed by atoms with Crippen LogP contribution >= 0.6 is 0 Å². The zero-order valence-corrected chi connectivity index (χ0v) is 8.15. The second-order valence-corrected chi connectivity index (χ2v) is 2.69. The summed E-state index contributed by atoms with van der Waals surface area (Å²) in [6.07, 6.45) is 1.35. The van der Waals surface area contributed by atoms with Gasteiger partial charge in [-0.25, -0.2) is 14.6 Å². The first kappa shape index (κ1) is 11.0. The maximum atomic E-state index is 11.1. The van der Waals surface area contributed by atoms with E-state index in [1.165, 1.54) is 12.3 Å². The average Bonchev–Trinajstić information content (AvgIpc) is 2.18. The van der Waals surface area contributed by atoms with Crippen LogP contribution in [0.5, 0.6) is 0 Å². The molecule has 6 nitrogen and oxygen atoms in total. The molecule has 0 atom stereocenters. The van der Waals surface area contributed by atoms with Crippen molar-refractivity contribution in [3.8, 4) is 0 Å². The number of anilines is 1. The highest BCUT2D eigenvalue weighted by atomic mass is 16.4. The van der Waals surface area contributed by atoms with Crippen LogP contribution in [0.4, 0.5) is 10.5 Å².